The summed E-state index contributed by atoms with van der Waals surface area (Å²) < 4.78 is 0. The van der Waals surface area contributed by atoms with E-state index in [-0.39, 0.29) is 12.5 Å². The Kier molecular flexibility index (Phi) is 4.53. The molecule has 0 saturated carbocycles. The van der Waals surface area contributed by atoms with Crippen LogP contribution in [0.3, 0.4) is 0 Å². The van der Waals surface area contributed by atoms with Gasteiger partial charge < -0.3 is 10.2 Å². The molecule has 4 nitrogen and oxygen atoms in total. The second kappa shape index (κ2) is 5.90. The summed E-state index contributed by atoms with van der Waals surface area (Å²) in [6.45, 7) is 4.69. The number of likely N-dealkylation sites (N-methyl/N-ethyl adjacent to an activating group) is 2. The lowest BCUT2D eigenvalue weighted by atomic mass is 10.1. The van der Waals surface area contributed by atoms with E-state index in [4.69, 9.17) is 5.26 Å². The van der Waals surface area contributed by atoms with Crippen LogP contribution in [0.5, 0.6) is 0 Å². The van der Waals surface area contributed by atoms with Crippen molar-refractivity contribution in [2.45, 2.75) is 13.8 Å². The summed E-state index contributed by atoms with van der Waals surface area (Å²) in [5, 5.41) is 11.8. The maximum absolute atomic E-state index is 11.5. The van der Waals surface area contributed by atoms with Crippen molar-refractivity contribution in [3.05, 3.63) is 29.3 Å². The molecule has 1 amide bonds. The van der Waals surface area contributed by atoms with E-state index in [1.54, 1.807) is 11.0 Å². The van der Waals surface area contributed by atoms with Crippen LogP contribution in [-0.2, 0) is 4.79 Å². The number of anilines is 1. The number of hydrogen-bond acceptors (Lipinski definition) is 3. The first kappa shape index (κ1) is 13.0. The Hall–Kier alpha value is -2.02. The molecule has 0 fully saturated rings. The number of aryl methyl sites for hydroxylation is 1. The fourth-order valence-electron chi connectivity index (χ4n) is 1.80. The lowest BCUT2D eigenvalue weighted by Crippen LogP contribution is -2.35. The lowest BCUT2D eigenvalue weighted by molar-refractivity contribution is -0.119. The van der Waals surface area contributed by atoms with Crippen molar-refractivity contribution < 1.29 is 4.79 Å². The average Bonchev–Trinajstić information content (AvgIpc) is 2.28. The number of carbonyl (C=O) groups excluding carboxylic acids is 1. The van der Waals surface area contributed by atoms with Gasteiger partial charge in [-0.3, -0.25) is 4.79 Å². The molecule has 1 aromatic carbocycles. The number of nitrogens with zero attached hydrogens (tertiary/aromatic N) is 2. The molecule has 1 N–H and O–H groups in total. The summed E-state index contributed by atoms with van der Waals surface area (Å²) in [5.41, 5.74) is 2.41. The SMILES string of the molecule is CCNC(=O)CN(C)c1c(C)cccc1C#N. The van der Waals surface area contributed by atoms with E-state index in [2.05, 4.69) is 11.4 Å². The van der Waals surface area contributed by atoms with Gasteiger partial charge in [-0.15, -0.1) is 0 Å². The summed E-state index contributed by atoms with van der Waals surface area (Å²) in [4.78, 5) is 13.3. The van der Waals surface area contributed by atoms with Gasteiger partial charge in [0, 0.05) is 13.6 Å². The molecule has 0 aliphatic carbocycles. The molecule has 0 radical (unpaired) electrons. The van der Waals surface area contributed by atoms with Crippen molar-refractivity contribution >= 4 is 11.6 Å². The van der Waals surface area contributed by atoms with Crippen LogP contribution in [0.1, 0.15) is 18.1 Å². The number of carbonyl (C=O) groups is 1. The van der Waals surface area contributed by atoms with E-state index in [0.717, 1.165) is 11.3 Å². The Bertz CT molecular complexity index is 448. The number of amides is 1. The minimum absolute atomic E-state index is 0.0397. The van der Waals surface area contributed by atoms with Gasteiger partial charge in [-0.05, 0) is 25.5 Å². The van der Waals surface area contributed by atoms with E-state index in [1.165, 1.54) is 0 Å². The zero-order valence-corrected chi connectivity index (χ0v) is 10.4. The smallest absolute Gasteiger partial charge is 0.239 e. The maximum Gasteiger partial charge on any atom is 0.239 e. The van der Waals surface area contributed by atoms with Crippen molar-refractivity contribution in [1.29, 1.82) is 5.26 Å². The Morgan fingerprint density at radius 3 is 2.82 bits per heavy atom. The number of para-hydroxylation sites is 1. The maximum atomic E-state index is 11.5. The van der Waals surface area contributed by atoms with Gasteiger partial charge in [0.2, 0.25) is 5.91 Å². The van der Waals surface area contributed by atoms with E-state index in [1.807, 2.05) is 33.0 Å². The second-order valence-electron chi connectivity index (χ2n) is 3.89. The van der Waals surface area contributed by atoms with Crippen molar-refractivity contribution in [2.24, 2.45) is 0 Å². The fourth-order valence-corrected chi connectivity index (χ4v) is 1.80. The molecule has 0 aliphatic rings. The Morgan fingerprint density at radius 1 is 1.53 bits per heavy atom. The molecule has 1 aromatic rings. The molecule has 0 aromatic heterocycles. The van der Waals surface area contributed by atoms with Gasteiger partial charge in [-0.2, -0.15) is 5.26 Å². The summed E-state index contributed by atoms with van der Waals surface area (Å²) in [6.07, 6.45) is 0. The van der Waals surface area contributed by atoms with Crippen molar-refractivity contribution in [1.82, 2.24) is 5.32 Å². The first-order valence-corrected chi connectivity index (χ1v) is 5.57. The van der Waals surface area contributed by atoms with Gasteiger partial charge in [-0.1, -0.05) is 12.1 Å². The van der Waals surface area contributed by atoms with Gasteiger partial charge >= 0.3 is 0 Å². The van der Waals surface area contributed by atoms with Crippen molar-refractivity contribution in [2.75, 3.05) is 25.0 Å². The number of hydrogen-bond donors (Lipinski definition) is 1. The fraction of sp³-hybridized carbons (Fsp3) is 0.385. The minimum atomic E-state index is -0.0397. The Morgan fingerprint density at radius 2 is 2.24 bits per heavy atom. The van der Waals surface area contributed by atoms with Crippen LogP contribution in [0, 0.1) is 18.3 Å². The molecular formula is C13H17N3O. The highest BCUT2D eigenvalue weighted by Crippen LogP contribution is 2.23. The van der Waals surface area contributed by atoms with Gasteiger partial charge in [0.1, 0.15) is 6.07 Å². The van der Waals surface area contributed by atoms with Crippen molar-refractivity contribution in [3.63, 3.8) is 0 Å². The summed E-state index contributed by atoms with van der Waals surface area (Å²) in [6, 6.07) is 7.69. The molecule has 1 rings (SSSR count). The Balaban J connectivity index is 2.92. The molecule has 0 heterocycles. The van der Waals surface area contributed by atoms with Crippen LogP contribution in [0.4, 0.5) is 5.69 Å². The molecule has 0 bridgehead atoms. The minimum Gasteiger partial charge on any atom is -0.364 e. The van der Waals surface area contributed by atoms with Gasteiger partial charge in [0.15, 0.2) is 0 Å². The topological polar surface area (TPSA) is 56.1 Å². The van der Waals surface area contributed by atoms with Crippen LogP contribution >= 0.6 is 0 Å². The van der Waals surface area contributed by atoms with E-state index >= 15 is 0 Å². The first-order chi connectivity index (χ1) is 8.10. The van der Waals surface area contributed by atoms with Crippen LogP contribution in [0.2, 0.25) is 0 Å². The van der Waals surface area contributed by atoms with Crippen LogP contribution in [0.15, 0.2) is 18.2 Å². The number of nitriles is 1. The highest BCUT2D eigenvalue weighted by Gasteiger charge is 2.12. The predicted octanol–water partition coefficient (Wildman–Crippen LogP) is 1.44. The van der Waals surface area contributed by atoms with Crippen molar-refractivity contribution in [3.8, 4) is 6.07 Å². The third-order valence-corrected chi connectivity index (χ3v) is 2.49. The van der Waals surface area contributed by atoms with Crippen LogP contribution in [0.25, 0.3) is 0 Å². The monoisotopic (exact) mass is 231 g/mol. The highest BCUT2D eigenvalue weighted by molar-refractivity contribution is 5.82. The summed E-state index contributed by atoms with van der Waals surface area (Å²) >= 11 is 0. The van der Waals surface area contributed by atoms with E-state index in [0.29, 0.717) is 12.1 Å². The van der Waals surface area contributed by atoms with Crippen LogP contribution < -0.4 is 10.2 Å². The molecule has 4 heteroatoms. The zero-order chi connectivity index (χ0) is 12.8. The summed E-state index contributed by atoms with van der Waals surface area (Å²) in [7, 11) is 1.82. The number of nitrogens with one attached hydrogen (secondary N) is 1. The quantitative estimate of drug-likeness (QED) is 0.853. The molecule has 90 valence electrons. The van der Waals surface area contributed by atoms with Crippen LogP contribution in [-0.4, -0.2) is 26.0 Å². The molecule has 0 saturated heterocycles. The molecule has 0 aliphatic heterocycles. The number of benzene rings is 1. The van der Waals surface area contributed by atoms with Gasteiger partial charge in [-0.25, -0.2) is 0 Å². The van der Waals surface area contributed by atoms with Gasteiger partial charge in [0.25, 0.3) is 0 Å². The molecular weight excluding hydrogens is 214 g/mol. The average molecular weight is 231 g/mol. The number of rotatable bonds is 4. The lowest BCUT2D eigenvalue weighted by Gasteiger charge is -2.21. The largest absolute Gasteiger partial charge is 0.364 e. The molecule has 17 heavy (non-hydrogen) atoms. The molecule has 0 atom stereocenters. The van der Waals surface area contributed by atoms with Gasteiger partial charge in [0.05, 0.1) is 17.8 Å². The highest BCUT2D eigenvalue weighted by atomic mass is 16.1. The predicted molar refractivity (Wildman–Crippen MR) is 67.8 cm³/mol. The Labute approximate surface area is 102 Å². The normalized spacial score (nSPS) is 9.53. The first-order valence-electron chi connectivity index (χ1n) is 5.57. The third-order valence-electron chi connectivity index (χ3n) is 2.49. The third kappa shape index (κ3) is 3.22. The standard InChI is InChI=1S/C13H17N3O/c1-4-15-12(17)9-16(3)13-10(2)6-5-7-11(13)8-14/h5-7H,4,9H2,1-3H3,(H,15,17). The zero-order valence-electron chi connectivity index (χ0n) is 10.4. The van der Waals surface area contributed by atoms with E-state index in [9.17, 15) is 4.79 Å². The summed E-state index contributed by atoms with van der Waals surface area (Å²) in [5.74, 6) is -0.0397. The second-order valence-corrected chi connectivity index (χ2v) is 3.89. The molecule has 0 spiro atoms. The molecule has 0 unspecified atom stereocenters. The van der Waals surface area contributed by atoms with E-state index < -0.39 is 0 Å².